The summed E-state index contributed by atoms with van der Waals surface area (Å²) in [6, 6.07) is 0.495. The average Bonchev–Trinajstić information content (AvgIpc) is 3.88. The van der Waals surface area contributed by atoms with Crippen LogP contribution in [-0.4, -0.2) is 48.6 Å². The van der Waals surface area contributed by atoms with E-state index in [9.17, 15) is 40.7 Å². The van der Waals surface area contributed by atoms with Crippen LogP contribution in [0.1, 0.15) is 103 Å². The summed E-state index contributed by atoms with van der Waals surface area (Å²) in [6.07, 6.45) is -8.87. The molecule has 7 nitrogen and oxygen atoms in total. The molecule has 1 saturated carbocycles. The van der Waals surface area contributed by atoms with Gasteiger partial charge in [0.05, 0.1) is 30.2 Å². The van der Waals surface area contributed by atoms with Crippen molar-refractivity contribution in [2.24, 2.45) is 5.92 Å². The number of ether oxygens (including phenoxy) is 1. The van der Waals surface area contributed by atoms with Gasteiger partial charge >= 0.3 is 18.3 Å². The number of hydrogen-bond acceptors (Lipinski definition) is 5. The number of nitrogens with zero attached hydrogens (tertiary/aromatic N) is 2. The Labute approximate surface area is 308 Å². The number of aromatic nitrogens is 1. The molecule has 4 rings (SSSR count). The van der Waals surface area contributed by atoms with E-state index in [2.05, 4.69) is 5.32 Å². The van der Waals surface area contributed by atoms with Crippen molar-refractivity contribution in [2.45, 2.75) is 97.1 Å². The van der Waals surface area contributed by atoms with Gasteiger partial charge in [0.25, 0.3) is 5.56 Å². The van der Waals surface area contributed by atoms with Crippen LogP contribution in [0.4, 0.5) is 35.1 Å². The van der Waals surface area contributed by atoms with E-state index in [1.165, 1.54) is 6.92 Å². The highest BCUT2D eigenvalue weighted by molar-refractivity contribution is 5.82. The maximum Gasteiger partial charge on any atom is 0.419 e. The Morgan fingerprint density at radius 2 is 1.54 bits per heavy atom. The molecule has 1 fully saturated rings. The predicted molar refractivity (Wildman–Crippen MR) is 187 cm³/mol. The van der Waals surface area contributed by atoms with Gasteiger partial charge in [0.1, 0.15) is 17.7 Å². The molecule has 2 aromatic carbocycles. The molecule has 1 N–H and O–H groups in total. The lowest BCUT2D eigenvalue weighted by Gasteiger charge is -2.28. The smallest absolute Gasteiger partial charge is 0.419 e. The van der Waals surface area contributed by atoms with E-state index in [1.54, 1.807) is 58.8 Å². The molecule has 0 aliphatic heterocycles. The Hall–Kier alpha value is -4.27. The first-order valence-electron chi connectivity index (χ1n) is 17.7. The number of pyridine rings is 1. The average molecular weight is 772 g/mol. The van der Waals surface area contributed by atoms with Crippen molar-refractivity contribution < 1.29 is 49.4 Å². The third-order valence-electron chi connectivity index (χ3n) is 9.38. The molecule has 2 atom stereocenters. The standard InChI is InChI=1S/C39H45F8N3O4/c1-8-54-32(52)18-29(48-37(53)30(13-20(2)3)50-19-24(11-12-49(6)7)27(17-31(50)51)38(42,43)44)34-35(40)26(16-28(36(34)41)39(45,46)47)33-21(4)14-25(15-22(33)5)23-9-10-23/h14-17,19-20,23,29-30H,8-13,18H2,1-7H3,(H,48,53)/t29-,30?/m0/s1. The molecule has 1 heterocycles. The van der Waals surface area contributed by atoms with Crippen LogP contribution >= 0.6 is 0 Å². The fourth-order valence-corrected chi connectivity index (χ4v) is 6.74. The van der Waals surface area contributed by atoms with E-state index >= 15 is 8.78 Å². The van der Waals surface area contributed by atoms with Crippen molar-refractivity contribution in [1.82, 2.24) is 14.8 Å². The molecule has 1 aromatic heterocycles. The van der Waals surface area contributed by atoms with Crippen LogP contribution in [0.2, 0.25) is 0 Å². The molecule has 1 aliphatic carbocycles. The van der Waals surface area contributed by atoms with Crippen molar-refractivity contribution >= 4 is 11.9 Å². The van der Waals surface area contributed by atoms with E-state index in [0.717, 1.165) is 29.2 Å². The number of carbonyl (C=O) groups excluding carboxylic acids is 2. The highest BCUT2D eigenvalue weighted by Crippen LogP contribution is 2.45. The molecular formula is C39H45F8N3O4. The third-order valence-corrected chi connectivity index (χ3v) is 9.38. The van der Waals surface area contributed by atoms with Gasteiger partial charge in [-0.3, -0.25) is 14.4 Å². The molecule has 0 saturated heterocycles. The number of hydrogen-bond donors (Lipinski definition) is 1. The number of likely N-dealkylation sites (N-methyl/N-ethyl adjacent to an activating group) is 1. The number of alkyl halides is 6. The van der Waals surface area contributed by atoms with Gasteiger partial charge in [0, 0.05) is 29.9 Å². The Balaban J connectivity index is 1.93. The first-order chi connectivity index (χ1) is 25.0. The van der Waals surface area contributed by atoms with E-state index in [4.69, 9.17) is 4.74 Å². The predicted octanol–water partition coefficient (Wildman–Crippen LogP) is 8.83. The van der Waals surface area contributed by atoms with Gasteiger partial charge in [-0.05, 0) is 106 Å². The zero-order valence-corrected chi connectivity index (χ0v) is 31.2. The fraction of sp³-hybridized carbons (Fsp3) is 0.513. The maximum atomic E-state index is 16.8. The quantitative estimate of drug-likeness (QED) is 0.131. The van der Waals surface area contributed by atoms with Crippen LogP contribution in [0.15, 0.2) is 35.3 Å². The van der Waals surface area contributed by atoms with Gasteiger partial charge in [0.2, 0.25) is 5.91 Å². The van der Waals surface area contributed by atoms with Gasteiger partial charge in [-0.1, -0.05) is 26.0 Å². The summed E-state index contributed by atoms with van der Waals surface area (Å²) in [5, 5.41) is 2.29. The van der Waals surface area contributed by atoms with Gasteiger partial charge < -0.3 is 19.5 Å². The molecule has 0 radical (unpaired) electrons. The minimum atomic E-state index is -5.34. The van der Waals surface area contributed by atoms with E-state index in [1.807, 2.05) is 0 Å². The Morgan fingerprint density at radius 1 is 0.944 bits per heavy atom. The molecule has 0 spiro atoms. The Bertz CT molecular complexity index is 1910. The summed E-state index contributed by atoms with van der Waals surface area (Å²) in [6.45, 7) is 7.83. The van der Waals surface area contributed by atoms with Crippen LogP contribution in [0.25, 0.3) is 11.1 Å². The second kappa shape index (κ2) is 16.6. The lowest BCUT2D eigenvalue weighted by Crippen LogP contribution is -2.41. The van der Waals surface area contributed by atoms with E-state index in [-0.39, 0.29) is 49.0 Å². The van der Waals surface area contributed by atoms with Crippen molar-refractivity contribution in [2.75, 3.05) is 27.2 Å². The van der Waals surface area contributed by atoms with Crippen LogP contribution < -0.4 is 10.9 Å². The molecule has 1 aliphatic rings. The van der Waals surface area contributed by atoms with Gasteiger partial charge in [-0.2, -0.15) is 26.3 Å². The molecule has 296 valence electrons. The summed E-state index contributed by atoms with van der Waals surface area (Å²) >= 11 is 0. The van der Waals surface area contributed by atoms with E-state index < -0.39 is 82.2 Å². The van der Waals surface area contributed by atoms with Crippen LogP contribution in [-0.2, 0) is 33.1 Å². The van der Waals surface area contributed by atoms with Crippen molar-refractivity contribution in [1.29, 1.82) is 0 Å². The molecule has 54 heavy (non-hydrogen) atoms. The molecule has 1 unspecified atom stereocenters. The van der Waals surface area contributed by atoms with Crippen LogP contribution in [0.3, 0.4) is 0 Å². The largest absolute Gasteiger partial charge is 0.466 e. The summed E-state index contributed by atoms with van der Waals surface area (Å²) in [5.41, 5.74) is -4.58. The SMILES string of the molecule is CCOC(=O)C[C@H](NC(=O)C(CC(C)C)n1cc(CCN(C)C)c(C(F)(F)F)cc1=O)c1c(F)c(-c2c(C)cc(C3CC3)cc2C)cc(C(F)(F)F)c1F. The number of benzene rings is 2. The van der Waals surface area contributed by atoms with Gasteiger partial charge in [-0.25, -0.2) is 8.78 Å². The number of rotatable bonds is 14. The number of esters is 1. The monoisotopic (exact) mass is 771 g/mol. The Morgan fingerprint density at radius 3 is 2.04 bits per heavy atom. The zero-order valence-electron chi connectivity index (χ0n) is 31.2. The number of halogens is 8. The zero-order chi connectivity index (χ0) is 40.4. The normalized spacial score (nSPS) is 14.8. The van der Waals surface area contributed by atoms with Gasteiger partial charge in [0.15, 0.2) is 0 Å². The fourth-order valence-electron chi connectivity index (χ4n) is 6.74. The second-order valence-electron chi connectivity index (χ2n) is 14.5. The molecule has 0 bridgehead atoms. The van der Waals surface area contributed by atoms with Crippen molar-refractivity contribution in [3.8, 4) is 11.1 Å². The summed E-state index contributed by atoms with van der Waals surface area (Å²) in [4.78, 5) is 41.9. The summed E-state index contributed by atoms with van der Waals surface area (Å²) in [5.74, 6) is -5.93. The Kier molecular flexibility index (Phi) is 13.1. The topological polar surface area (TPSA) is 80.6 Å². The lowest BCUT2D eigenvalue weighted by atomic mass is 9.87. The number of nitrogens with one attached hydrogen (secondary N) is 1. The maximum absolute atomic E-state index is 16.8. The third kappa shape index (κ3) is 9.88. The molecular weight excluding hydrogens is 726 g/mol. The second-order valence-corrected chi connectivity index (χ2v) is 14.5. The highest BCUT2D eigenvalue weighted by atomic mass is 19.4. The first kappa shape index (κ1) is 42.5. The molecule has 1 amide bonds. The lowest BCUT2D eigenvalue weighted by molar-refractivity contribution is -0.144. The minimum Gasteiger partial charge on any atom is -0.466 e. The summed E-state index contributed by atoms with van der Waals surface area (Å²) in [7, 11) is 3.26. The van der Waals surface area contributed by atoms with Crippen molar-refractivity contribution in [3.63, 3.8) is 0 Å². The number of amides is 1. The van der Waals surface area contributed by atoms with Crippen LogP contribution in [0, 0.1) is 31.4 Å². The number of aryl methyl sites for hydroxylation is 2. The molecule has 3 aromatic rings. The minimum absolute atomic E-state index is 0.0732. The molecule has 15 heteroatoms. The highest BCUT2D eigenvalue weighted by Gasteiger charge is 2.41. The van der Waals surface area contributed by atoms with E-state index in [0.29, 0.717) is 23.3 Å². The van der Waals surface area contributed by atoms with Crippen LogP contribution in [0.5, 0.6) is 0 Å². The van der Waals surface area contributed by atoms with Gasteiger partial charge in [-0.15, -0.1) is 0 Å². The number of carbonyl (C=O) groups is 2. The summed E-state index contributed by atoms with van der Waals surface area (Å²) < 4.78 is 124. The van der Waals surface area contributed by atoms with Crippen molar-refractivity contribution in [3.05, 3.63) is 91.4 Å². The first-order valence-corrected chi connectivity index (χ1v) is 17.7.